The molecular formula is C16H25FN2. The molecule has 0 heterocycles. The summed E-state index contributed by atoms with van der Waals surface area (Å²) in [7, 11) is 1.84. The van der Waals surface area contributed by atoms with Gasteiger partial charge in [0.2, 0.25) is 0 Å². The van der Waals surface area contributed by atoms with E-state index < -0.39 is 0 Å². The molecule has 1 atom stereocenters. The fourth-order valence-corrected chi connectivity index (χ4v) is 2.20. The molecule has 0 bridgehead atoms. The fraction of sp³-hybridized carbons (Fsp3) is 0.500. The lowest BCUT2D eigenvalue weighted by molar-refractivity contribution is 0.508. The molecule has 106 valence electrons. The molecule has 1 N–H and O–H groups in total. The van der Waals surface area contributed by atoms with Gasteiger partial charge in [-0.3, -0.25) is 0 Å². The summed E-state index contributed by atoms with van der Waals surface area (Å²) in [5.74, 6) is -0.169. The average molecular weight is 264 g/mol. The molecule has 0 aromatic heterocycles. The highest BCUT2D eigenvalue weighted by molar-refractivity contribution is 5.57. The number of rotatable bonds is 5. The van der Waals surface area contributed by atoms with Crippen LogP contribution in [0.4, 0.5) is 10.1 Å². The van der Waals surface area contributed by atoms with E-state index in [0.29, 0.717) is 12.1 Å². The molecule has 0 amide bonds. The number of benzene rings is 1. The van der Waals surface area contributed by atoms with Gasteiger partial charge in [0, 0.05) is 29.4 Å². The van der Waals surface area contributed by atoms with Gasteiger partial charge in [0.25, 0.3) is 0 Å². The minimum atomic E-state index is -0.169. The van der Waals surface area contributed by atoms with E-state index in [2.05, 4.69) is 37.6 Å². The van der Waals surface area contributed by atoms with Gasteiger partial charge in [0.15, 0.2) is 0 Å². The summed E-state index contributed by atoms with van der Waals surface area (Å²) in [4.78, 5) is 2.17. The quantitative estimate of drug-likeness (QED) is 0.811. The summed E-state index contributed by atoms with van der Waals surface area (Å²) in [6.45, 7) is 12.8. The van der Waals surface area contributed by atoms with Gasteiger partial charge in [0.05, 0.1) is 0 Å². The zero-order valence-electron chi connectivity index (χ0n) is 12.6. The molecule has 3 heteroatoms. The largest absolute Gasteiger partial charge is 0.363 e. The molecule has 0 aliphatic heterocycles. The molecule has 0 aliphatic rings. The molecule has 0 fully saturated rings. The second kappa shape index (κ2) is 6.20. The van der Waals surface area contributed by atoms with E-state index >= 15 is 0 Å². The van der Waals surface area contributed by atoms with Crippen LogP contribution >= 0.6 is 0 Å². The van der Waals surface area contributed by atoms with Gasteiger partial charge in [-0.15, -0.1) is 6.58 Å². The van der Waals surface area contributed by atoms with Gasteiger partial charge < -0.3 is 10.2 Å². The first-order chi connectivity index (χ1) is 8.82. The third kappa shape index (κ3) is 3.57. The summed E-state index contributed by atoms with van der Waals surface area (Å²) >= 11 is 0. The van der Waals surface area contributed by atoms with Crippen LogP contribution in [0.2, 0.25) is 0 Å². The molecule has 0 saturated heterocycles. The van der Waals surface area contributed by atoms with Crippen molar-refractivity contribution in [1.29, 1.82) is 0 Å². The number of halogens is 1. The number of hydrogen-bond acceptors (Lipinski definition) is 2. The minimum absolute atomic E-state index is 0.0362. The first-order valence-electron chi connectivity index (χ1n) is 6.67. The molecule has 1 rings (SSSR count). The van der Waals surface area contributed by atoms with Gasteiger partial charge in [0.1, 0.15) is 5.82 Å². The number of nitrogens with one attached hydrogen (secondary N) is 1. The molecule has 0 radical (unpaired) electrons. The van der Waals surface area contributed by atoms with Crippen molar-refractivity contribution in [3.05, 3.63) is 42.2 Å². The van der Waals surface area contributed by atoms with Crippen LogP contribution in [0.1, 0.15) is 39.3 Å². The van der Waals surface area contributed by atoms with Crippen LogP contribution < -0.4 is 10.2 Å². The van der Waals surface area contributed by atoms with Crippen molar-refractivity contribution >= 4 is 5.69 Å². The van der Waals surface area contributed by atoms with Crippen LogP contribution in [0.5, 0.6) is 0 Å². The van der Waals surface area contributed by atoms with Crippen LogP contribution in [-0.4, -0.2) is 19.1 Å². The highest BCUT2D eigenvalue weighted by Gasteiger charge is 2.25. The Kier molecular flexibility index (Phi) is 5.12. The van der Waals surface area contributed by atoms with Gasteiger partial charge in [-0.2, -0.15) is 0 Å². The summed E-state index contributed by atoms with van der Waals surface area (Å²) in [6.07, 6.45) is 1.85. The Balaban J connectivity index is 3.38. The fourth-order valence-electron chi connectivity index (χ4n) is 2.20. The summed E-state index contributed by atoms with van der Waals surface area (Å²) in [5, 5.41) is 3.12. The zero-order chi connectivity index (χ0) is 14.6. The third-order valence-electron chi connectivity index (χ3n) is 3.31. The van der Waals surface area contributed by atoms with Crippen molar-refractivity contribution < 1.29 is 4.39 Å². The van der Waals surface area contributed by atoms with Crippen molar-refractivity contribution in [2.75, 3.05) is 18.5 Å². The van der Waals surface area contributed by atoms with Gasteiger partial charge in [-0.25, -0.2) is 4.39 Å². The molecule has 0 aliphatic carbocycles. The maximum atomic E-state index is 14.2. The van der Waals surface area contributed by atoms with Crippen LogP contribution in [-0.2, 0) is 0 Å². The first-order valence-corrected chi connectivity index (χ1v) is 6.67. The first kappa shape index (κ1) is 15.7. The van der Waals surface area contributed by atoms with Crippen LogP contribution in [0, 0.1) is 5.82 Å². The molecule has 0 spiro atoms. The number of hydrogen-bond donors (Lipinski definition) is 1. The predicted octanol–water partition coefficient (Wildman–Crippen LogP) is 3.90. The Morgan fingerprint density at radius 1 is 1.42 bits per heavy atom. The van der Waals surface area contributed by atoms with Gasteiger partial charge in [-0.1, -0.05) is 12.1 Å². The third-order valence-corrected chi connectivity index (χ3v) is 3.31. The lowest BCUT2D eigenvalue weighted by Gasteiger charge is -2.39. The van der Waals surface area contributed by atoms with Crippen molar-refractivity contribution in [2.45, 2.75) is 39.3 Å². The Morgan fingerprint density at radius 3 is 2.53 bits per heavy atom. The molecule has 1 aromatic rings. The standard InChI is InChI=1S/C16H25FN2/c1-7-11-19(16(3,4)5)14-10-8-9-13(17)15(14)12(2)18-6/h7-10,12,18H,1,11H2,2-6H3. The molecular weight excluding hydrogens is 239 g/mol. The SMILES string of the molecule is C=CCN(c1cccc(F)c1C(C)NC)C(C)(C)C. The highest BCUT2D eigenvalue weighted by atomic mass is 19.1. The molecule has 1 unspecified atom stereocenters. The van der Waals surface area contributed by atoms with Gasteiger partial charge >= 0.3 is 0 Å². The summed E-state index contributed by atoms with van der Waals surface area (Å²) in [6, 6.07) is 5.21. The summed E-state index contributed by atoms with van der Waals surface area (Å²) < 4.78 is 14.2. The zero-order valence-corrected chi connectivity index (χ0v) is 12.6. The van der Waals surface area contributed by atoms with Crippen molar-refractivity contribution in [3.63, 3.8) is 0 Å². The number of anilines is 1. The monoisotopic (exact) mass is 264 g/mol. The lowest BCUT2D eigenvalue weighted by Crippen LogP contribution is -2.42. The Morgan fingerprint density at radius 2 is 2.05 bits per heavy atom. The Labute approximate surface area is 116 Å². The van der Waals surface area contributed by atoms with Crippen molar-refractivity contribution in [1.82, 2.24) is 5.32 Å². The van der Waals surface area contributed by atoms with E-state index in [1.54, 1.807) is 6.07 Å². The molecule has 1 aromatic carbocycles. The topological polar surface area (TPSA) is 15.3 Å². The van der Waals surface area contributed by atoms with Gasteiger partial charge in [-0.05, 0) is 46.9 Å². The number of nitrogens with zero attached hydrogens (tertiary/aromatic N) is 1. The van der Waals surface area contributed by atoms with Crippen LogP contribution in [0.25, 0.3) is 0 Å². The van der Waals surface area contributed by atoms with E-state index in [9.17, 15) is 4.39 Å². The average Bonchev–Trinajstić information content (AvgIpc) is 2.33. The maximum Gasteiger partial charge on any atom is 0.130 e. The van der Waals surface area contributed by atoms with E-state index in [4.69, 9.17) is 0 Å². The van der Waals surface area contributed by atoms with Crippen LogP contribution in [0.15, 0.2) is 30.9 Å². The second-order valence-corrected chi connectivity index (χ2v) is 5.75. The Hall–Kier alpha value is -1.35. The van der Waals surface area contributed by atoms with E-state index in [1.807, 2.05) is 26.1 Å². The highest BCUT2D eigenvalue weighted by Crippen LogP contribution is 2.32. The lowest BCUT2D eigenvalue weighted by atomic mass is 9.99. The van der Waals surface area contributed by atoms with E-state index in [0.717, 1.165) is 5.69 Å². The molecule has 19 heavy (non-hydrogen) atoms. The maximum absolute atomic E-state index is 14.2. The van der Waals surface area contributed by atoms with E-state index in [1.165, 1.54) is 6.07 Å². The van der Waals surface area contributed by atoms with Crippen molar-refractivity contribution in [2.24, 2.45) is 0 Å². The molecule has 0 saturated carbocycles. The Bertz CT molecular complexity index is 435. The predicted molar refractivity (Wildman–Crippen MR) is 81.2 cm³/mol. The second-order valence-electron chi connectivity index (χ2n) is 5.75. The van der Waals surface area contributed by atoms with Crippen LogP contribution in [0.3, 0.4) is 0 Å². The molecule has 2 nitrogen and oxygen atoms in total. The van der Waals surface area contributed by atoms with Crippen molar-refractivity contribution in [3.8, 4) is 0 Å². The van der Waals surface area contributed by atoms with E-state index in [-0.39, 0.29) is 17.4 Å². The summed E-state index contributed by atoms with van der Waals surface area (Å²) in [5.41, 5.74) is 1.54. The normalized spacial score (nSPS) is 13.2. The minimum Gasteiger partial charge on any atom is -0.363 e. The smallest absolute Gasteiger partial charge is 0.130 e.